The summed E-state index contributed by atoms with van der Waals surface area (Å²) >= 11 is 0. The van der Waals surface area contributed by atoms with Gasteiger partial charge < -0.3 is 9.67 Å². The van der Waals surface area contributed by atoms with Crippen LogP contribution in [0.3, 0.4) is 0 Å². The SMILES string of the molecule is Cc1cccc2c(-c3ccccc3C(O)c3ccccc3)cn(C)c12. The maximum Gasteiger partial charge on any atom is 0.105 e. The van der Waals surface area contributed by atoms with E-state index in [2.05, 4.69) is 49.0 Å². The Kier molecular flexibility index (Phi) is 3.90. The smallest absolute Gasteiger partial charge is 0.105 e. The van der Waals surface area contributed by atoms with Gasteiger partial charge in [0, 0.05) is 24.2 Å². The summed E-state index contributed by atoms with van der Waals surface area (Å²) in [5.41, 5.74) is 6.57. The summed E-state index contributed by atoms with van der Waals surface area (Å²) in [6, 6.07) is 24.3. The number of aliphatic hydroxyl groups is 1. The number of nitrogens with zero attached hydrogens (tertiary/aromatic N) is 1. The van der Waals surface area contributed by atoms with Crippen molar-refractivity contribution in [3.8, 4) is 11.1 Å². The fourth-order valence-electron chi connectivity index (χ4n) is 3.68. The molecule has 1 atom stereocenters. The maximum atomic E-state index is 11.0. The first-order valence-electron chi connectivity index (χ1n) is 8.54. The molecule has 1 N–H and O–H groups in total. The molecule has 4 rings (SSSR count). The van der Waals surface area contributed by atoms with Crippen LogP contribution in [0.15, 0.2) is 79.0 Å². The summed E-state index contributed by atoms with van der Waals surface area (Å²) in [7, 11) is 2.08. The minimum Gasteiger partial charge on any atom is -0.384 e. The number of aromatic nitrogens is 1. The third-order valence-electron chi connectivity index (χ3n) is 4.86. The molecule has 0 aliphatic heterocycles. The Hall–Kier alpha value is -2.84. The van der Waals surface area contributed by atoms with E-state index >= 15 is 0 Å². The highest BCUT2D eigenvalue weighted by Crippen LogP contribution is 2.37. The molecule has 4 aromatic rings. The van der Waals surface area contributed by atoms with Crippen LogP contribution in [0.5, 0.6) is 0 Å². The molecule has 0 fully saturated rings. The lowest BCUT2D eigenvalue weighted by molar-refractivity contribution is 0.221. The van der Waals surface area contributed by atoms with Crippen molar-refractivity contribution in [3.05, 3.63) is 95.7 Å². The van der Waals surface area contributed by atoms with E-state index < -0.39 is 6.10 Å². The first-order chi connectivity index (χ1) is 12.2. The summed E-state index contributed by atoms with van der Waals surface area (Å²) in [5.74, 6) is 0. The third-order valence-corrected chi connectivity index (χ3v) is 4.86. The third kappa shape index (κ3) is 2.65. The van der Waals surface area contributed by atoms with Crippen molar-refractivity contribution in [1.82, 2.24) is 4.57 Å². The van der Waals surface area contributed by atoms with Crippen molar-refractivity contribution in [2.45, 2.75) is 13.0 Å². The molecule has 0 bridgehead atoms. The molecule has 0 amide bonds. The summed E-state index contributed by atoms with van der Waals surface area (Å²) in [6.45, 7) is 2.14. The van der Waals surface area contributed by atoms with Crippen LogP contribution in [-0.4, -0.2) is 9.67 Å². The molecule has 0 aliphatic carbocycles. The molecule has 1 unspecified atom stereocenters. The van der Waals surface area contributed by atoms with Gasteiger partial charge >= 0.3 is 0 Å². The molecule has 0 saturated carbocycles. The van der Waals surface area contributed by atoms with E-state index in [1.807, 2.05) is 48.5 Å². The Labute approximate surface area is 148 Å². The number of hydrogen-bond donors (Lipinski definition) is 1. The number of benzene rings is 3. The highest BCUT2D eigenvalue weighted by molar-refractivity contribution is 5.98. The number of aryl methyl sites for hydroxylation is 2. The number of aliphatic hydroxyl groups excluding tert-OH is 1. The van der Waals surface area contributed by atoms with Gasteiger partial charge in [0.25, 0.3) is 0 Å². The van der Waals surface area contributed by atoms with E-state index in [0.717, 1.165) is 22.3 Å². The van der Waals surface area contributed by atoms with Crippen molar-refractivity contribution in [3.63, 3.8) is 0 Å². The van der Waals surface area contributed by atoms with Crippen molar-refractivity contribution >= 4 is 10.9 Å². The largest absolute Gasteiger partial charge is 0.384 e. The molecule has 0 radical (unpaired) electrons. The van der Waals surface area contributed by atoms with E-state index in [0.29, 0.717) is 0 Å². The molecule has 3 aromatic carbocycles. The van der Waals surface area contributed by atoms with Crippen LogP contribution >= 0.6 is 0 Å². The molecule has 0 spiro atoms. The fourth-order valence-corrected chi connectivity index (χ4v) is 3.68. The molecular weight excluding hydrogens is 306 g/mol. The van der Waals surface area contributed by atoms with E-state index in [1.54, 1.807) is 0 Å². The molecule has 2 nitrogen and oxygen atoms in total. The van der Waals surface area contributed by atoms with Crippen molar-refractivity contribution in [2.24, 2.45) is 7.05 Å². The Morgan fingerprint density at radius 3 is 2.32 bits per heavy atom. The minimum absolute atomic E-state index is 0.641. The van der Waals surface area contributed by atoms with Crippen LogP contribution in [0, 0.1) is 6.92 Å². The lowest BCUT2D eigenvalue weighted by atomic mass is 9.92. The average molecular weight is 327 g/mol. The van der Waals surface area contributed by atoms with Gasteiger partial charge in [-0.2, -0.15) is 0 Å². The van der Waals surface area contributed by atoms with Gasteiger partial charge in [-0.05, 0) is 29.2 Å². The van der Waals surface area contributed by atoms with E-state index in [1.165, 1.54) is 16.5 Å². The highest BCUT2D eigenvalue weighted by Gasteiger charge is 2.18. The molecule has 0 aliphatic rings. The Balaban J connectivity index is 1.93. The van der Waals surface area contributed by atoms with Crippen LogP contribution in [-0.2, 0) is 7.05 Å². The number of hydrogen-bond acceptors (Lipinski definition) is 1. The number of fused-ring (bicyclic) bond motifs is 1. The van der Waals surface area contributed by atoms with Gasteiger partial charge in [0.05, 0.1) is 5.52 Å². The predicted molar refractivity (Wildman–Crippen MR) is 104 cm³/mol. The van der Waals surface area contributed by atoms with Gasteiger partial charge in [-0.3, -0.25) is 0 Å². The zero-order chi connectivity index (χ0) is 17.4. The first kappa shape index (κ1) is 15.7. The summed E-state index contributed by atoms with van der Waals surface area (Å²) in [4.78, 5) is 0. The van der Waals surface area contributed by atoms with Gasteiger partial charge in [-0.25, -0.2) is 0 Å². The van der Waals surface area contributed by atoms with Gasteiger partial charge in [-0.15, -0.1) is 0 Å². The minimum atomic E-state index is -0.641. The van der Waals surface area contributed by atoms with Crippen LogP contribution in [0.25, 0.3) is 22.0 Å². The Morgan fingerprint density at radius 2 is 1.52 bits per heavy atom. The average Bonchev–Trinajstić information content (AvgIpc) is 3.00. The van der Waals surface area contributed by atoms with Crippen molar-refractivity contribution in [2.75, 3.05) is 0 Å². The lowest BCUT2D eigenvalue weighted by Gasteiger charge is -2.16. The molecular formula is C23H21NO. The van der Waals surface area contributed by atoms with Crippen LogP contribution < -0.4 is 0 Å². The predicted octanol–water partition coefficient (Wildman–Crippen LogP) is 5.24. The monoisotopic (exact) mass is 327 g/mol. The molecule has 1 heterocycles. The second-order valence-electron chi connectivity index (χ2n) is 6.53. The van der Waals surface area contributed by atoms with E-state index in [-0.39, 0.29) is 0 Å². The van der Waals surface area contributed by atoms with E-state index in [4.69, 9.17) is 0 Å². The molecule has 0 saturated heterocycles. The zero-order valence-electron chi connectivity index (χ0n) is 14.5. The van der Waals surface area contributed by atoms with Crippen molar-refractivity contribution < 1.29 is 5.11 Å². The second-order valence-corrected chi connectivity index (χ2v) is 6.53. The van der Waals surface area contributed by atoms with Crippen LogP contribution in [0.2, 0.25) is 0 Å². The molecule has 25 heavy (non-hydrogen) atoms. The molecule has 2 heteroatoms. The van der Waals surface area contributed by atoms with Gasteiger partial charge in [-0.1, -0.05) is 72.8 Å². The quantitative estimate of drug-likeness (QED) is 0.547. The lowest BCUT2D eigenvalue weighted by Crippen LogP contribution is -2.01. The van der Waals surface area contributed by atoms with Crippen molar-refractivity contribution in [1.29, 1.82) is 0 Å². The van der Waals surface area contributed by atoms with Crippen LogP contribution in [0.4, 0.5) is 0 Å². The molecule has 1 aromatic heterocycles. The fraction of sp³-hybridized carbons (Fsp3) is 0.130. The summed E-state index contributed by atoms with van der Waals surface area (Å²) in [5, 5.41) is 12.2. The zero-order valence-corrected chi connectivity index (χ0v) is 14.5. The number of rotatable bonds is 3. The normalized spacial score (nSPS) is 12.4. The second kappa shape index (κ2) is 6.23. The summed E-state index contributed by atoms with van der Waals surface area (Å²) in [6.07, 6.45) is 1.52. The van der Waals surface area contributed by atoms with Gasteiger partial charge in [0.15, 0.2) is 0 Å². The highest BCUT2D eigenvalue weighted by atomic mass is 16.3. The van der Waals surface area contributed by atoms with Crippen LogP contribution in [0.1, 0.15) is 22.8 Å². The Bertz CT molecular complexity index is 1030. The standard InChI is InChI=1S/C23H21NO/c1-16-9-8-14-19-21(15-24(2)22(16)19)18-12-6-7-13-20(18)23(25)17-10-4-3-5-11-17/h3-15,23,25H,1-2H3. The Morgan fingerprint density at radius 1 is 0.800 bits per heavy atom. The maximum absolute atomic E-state index is 11.0. The van der Waals surface area contributed by atoms with E-state index in [9.17, 15) is 5.11 Å². The van der Waals surface area contributed by atoms with Gasteiger partial charge in [0.1, 0.15) is 6.10 Å². The molecule has 124 valence electrons. The first-order valence-corrected chi connectivity index (χ1v) is 8.54. The summed E-state index contributed by atoms with van der Waals surface area (Å²) < 4.78 is 2.17. The van der Waals surface area contributed by atoms with Gasteiger partial charge in [0.2, 0.25) is 0 Å². The number of para-hydroxylation sites is 1. The topological polar surface area (TPSA) is 25.2 Å².